The van der Waals surface area contributed by atoms with E-state index in [1.165, 1.54) is 31.4 Å². The maximum atomic E-state index is 12.6. The van der Waals surface area contributed by atoms with Crippen molar-refractivity contribution >= 4 is 0 Å². The SMILES string of the molecule is CCCNCC1CCCCC1c1ccc(C(F)(F)F)cc1. The molecule has 0 spiro atoms. The van der Waals surface area contributed by atoms with Gasteiger partial charge in [0.1, 0.15) is 0 Å². The summed E-state index contributed by atoms with van der Waals surface area (Å²) in [7, 11) is 0. The van der Waals surface area contributed by atoms with Gasteiger partial charge in [-0.15, -0.1) is 0 Å². The van der Waals surface area contributed by atoms with Crippen LogP contribution in [-0.4, -0.2) is 13.1 Å². The highest BCUT2D eigenvalue weighted by Crippen LogP contribution is 2.38. The number of halogens is 3. The Morgan fingerprint density at radius 3 is 2.38 bits per heavy atom. The normalized spacial score (nSPS) is 23.2. The van der Waals surface area contributed by atoms with Gasteiger partial charge >= 0.3 is 6.18 Å². The molecule has 2 unspecified atom stereocenters. The summed E-state index contributed by atoms with van der Waals surface area (Å²) < 4.78 is 37.9. The molecule has 0 radical (unpaired) electrons. The molecule has 1 N–H and O–H groups in total. The third-order valence-electron chi connectivity index (χ3n) is 4.41. The summed E-state index contributed by atoms with van der Waals surface area (Å²) in [5.74, 6) is 0.937. The van der Waals surface area contributed by atoms with Gasteiger partial charge in [0.15, 0.2) is 0 Å². The molecule has 1 saturated carbocycles. The van der Waals surface area contributed by atoms with E-state index in [0.717, 1.165) is 31.5 Å². The lowest BCUT2D eigenvalue weighted by atomic mass is 9.75. The lowest BCUT2D eigenvalue weighted by Crippen LogP contribution is -2.30. The molecule has 0 amide bonds. The maximum absolute atomic E-state index is 12.6. The van der Waals surface area contributed by atoms with Gasteiger partial charge in [0, 0.05) is 0 Å². The lowest BCUT2D eigenvalue weighted by Gasteiger charge is -2.32. The summed E-state index contributed by atoms with van der Waals surface area (Å²) in [4.78, 5) is 0. The molecule has 1 aromatic carbocycles. The van der Waals surface area contributed by atoms with Crippen molar-refractivity contribution in [3.05, 3.63) is 35.4 Å². The van der Waals surface area contributed by atoms with Crippen LogP contribution in [0.4, 0.5) is 13.2 Å². The third kappa shape index (κ3) is 4.47. The first kappa shape index (κ1) is 16.3. The van der Waals surface area contributed by atoms with E-state index in [1.54, 1.807) is 12.1 Å². The van der Waals surface area contributed by atoms with Crippen LogP contribution in [0.15, 0.2) is 24.3 Å². The van der Waals surface area contributed by atoms with Gasteiger partial charge in [-0.3, -0.25) is 0 Å². The smallest absolute Gasteiger partial charge is 0.316 e. The van der Waals surface area contributed by atoms with E-state index in [9.17, 15) is 13.2 Å². The average Bonchev–Trinajstić information content (AvgIpc) is 2.47. The summed E-state index contributed by atoms with van der Waals surface area (Å²) in [6, 6.07) is 5.79. The second kappa shape index (κ2) is 7.30. The molecule has 0 bridgehead atoms. The minimum atomic E-state index is -4.24. The van der Waals surface area contributed by atoms with Gasteiger partial charge in [-0.05, 0) is 61.9 Å². The molecule has 2 rings (SSSR count). The van der Waals surface area contributed by atoms with Crippen LogP contribution >= 0.6 is 0 Å². The molecule has 1 fully saturated rings. The predicted octanol–water partition coefficient (Wildman–Crippen LogP) is 4.98. The Hall–Kier alpha value is -1.03. The fourth-order valence-electron chi connectivity index (χ4n) is 3.27. The Labute approximate surface area is 124 Å². The topological polar surface area (TPSA) is 12.0 Å². The van der Waals surface area contributed by atoms with Crippen molar-refractivity contribution in [3.8, 4) is 0 Å². The van der Waals surface area contributed by atoms with Gasteiger partial charge in [0.25, 0.3) is 0 Å². The molecule has 1 aromatic rings. The maximum Gasteiger partial charge on any atom is 0.416 e. The van der Waals surface area contributed by atoms with Crippen molar-refractivity contribution < 1.29 is 13.2 Å². The first-order valence-corrected chi connectivity index (χ1v) is 7.90. The van der Waals surface area contributed by atoms with Crippen LogP contribution in [-0.2, 0) is 6.18 Å². The first-order valence-electron chi connectivity index (χ1n) is 7.90. The Bertz CT molecular complexity index is 425. The van der Waals surface area contributed by atoms with Gasteiger partial charge in [-0.2, -0.15) is 13.2 Å². The van der Waals surface area contributed by atoms with E-state index in [0.29, 0.717) is 11.8 Å². The van der Waals surface area contributed by atoms with E-state index < -0.39 is 11.7 Å². The van der Waals surface area contributed by atoms with Crippen LogP contribution < -0.4 is 5.32 Å². The van der Waals surface area contributed by atoms with E-state index in [4.69, 9.17) is 0 Å². The molecule has 1 aliphatic carbocycles. The highest BCUT2D eigenvalue weighted by atomic mass is 19.4. The molecular formula is C17H24F3N. The lowest BCUT2D eigenvalue weighted by molar-refractivity contribution is -0.137. The highest BCUT2D eigenvalue weighted by molar-refractivity contribution is 5.28. The standard InChI is InChI=1S/C17H24F3N/c1-2-11-21-12-14-5-3-4-6-16(14)13-7-9-15(10-8-13)17(18,19)20/h7-10,14,16,21H,2-6,11-12H2,1H3. The highest BCUT2D eigenvalue weighted by Gasteiger charge is 2.31. The van der Waals surface area contributed by atoms with Crippen LogP contribution in [0.5, 0.6) is 0 Å². The quantitative estimate of drug-likeness (QED) is 0.756. The van der Waals surface area contributed by atoms with Crippen molar-refractivity contribution in [2.24, 2.45) is 5.92 Å². The van der Waals surface area contributed by atoms with Crippen LogP contribution in [0.3, 0.4) is 0 Å². The zero-order chi connectivity index (χ0) is 15.3. The van der Waals surface area contributed by atoms with Gasteiger partial charge in [0.2, 0.25) is 0 Å². The van der Waals surface area contributed by atoms with Gasteiger partial charge in [-0.1, -0.05) is 31.9 Å². The Balaban J connectivity index is 2.06. The van der Waals surface area contributed by atoms with Crippen LogP contribution in [0.25, 0.3) is 0 Å². The molecule has 2 atom stereocenters. The Morgan fingerprint density at radius 2 is 1.76 bits per heavy atom. The first-order chi connectivity index (χ1) is 10.0. The number of benzene rings is 1. The van der Waals surface area contributed by atoms with Gasteiger partial charge in [0.05, 0.1) is 5.56 Å². The largest absolute Gasteiger partial charge is 0.416 e. The summed E-state index contributed by atoms with van der Waals surface area (Å²) in [6.07, 6.45) is 1.53. The molecule has 118 valence electrons. The number of hydrogen-bond donors (Lipinski definition) is 1. The molecule has 1 aliphatic rings. The third-order valence-corrected chi connectivity index (χ3v) is 4.41. The zero-order valence-electron chi connectivity index (χ0n) is 12.5. The number of nitrogens with one attached hydrogen (secondary N) is 1. The molecule has 21 heavy (non-hydrogen) atoms. The van der Waals surface area contributed by atoms with Crippen LogP contribution in [0, 0.1) is 5.92 Å². The van der Waals surface area contributed by atoms with Crippen molar-refractivity contribution in [2.75, 3.05) is 13.1 Å². The van der Waals surface area contributed by atoms with Crippen LogP contribution in [0.2, 0.25) is 0 Å². The monoisotopic (exact) mass is 299 g/mol. The van der Waals surface area contributed by atoms with Crippen molar-refractivity contribution in [1.29, 1.82) is 0 Å². The predicted molar refractivity (Wildman–Crippen MR) is 79.3 cm³/mol. The molecule has 0 saturated heterocycles. The van der Waals surface area contributed by atoms with Crippen LogP contribution in [0.1, 0.15) is 56.1 Å². The minimum Gasteiger partial charge on any atom is -0.316 e. The van der Waals surface area contributed by atoms with Gasteiger partial charge < -0.3 is 5.32 Å². The molecule has 0 aliphatic heterocycles. The minimum absolute atomic E-state index is 0.394. The average molecular weight is 299 g/mol. The Kier molecular flexibility index (Phi) is 5.68. The Morgan fingerprint density at radius 1 is 1.10 bits per heavy atom. The van der Waals surface area contributed by atoms with E-state index in [2.05, 4.69) is 12.2 Å². The summed E-state index contributed by atoms with van der Waals surface area (Å²) in [5, 5.41) is 3.46. The molecular weight excluding hydrogens is 275 g/mol. The second-order valence-corrected chi connectivity index (χ2v) is 5.97. The van der Waals surface area contributed by atoms with E-state index >= 15 is 0 Å². The summed E-state index contributed by atoms with van der Waals surface area (Å²) in [6.45, 7) is 4.12. The number of hydrogen-bond acceptors (Lipinski definition) is 1. The van der Waals surface area contributed by atoms with Crippen molar-refractivity contribution in [1.82, 2.24) is 5.32 Å². The number of alkyl halides is 3. The van der Waals surface area contributed by atoms with Gasteiger partial charge in [-0.25, -0.2) is 0 Å². The molecule has 4 heteroatoms. The fourth-order valence-corrected chi connectivity index (χ4v) is 3.27. The fraction of sp³-hybridized carbons (Fsp3) is 0.647. The molecule has 0 heterocycles. The zero-order valence-corrected chi connectivity index (χ0v) is 12.5. The molecule has 1 nitrogen and oxygen atoms in total. The molecule has 0 aromatic heterocycles. The summed E-state index contributed by atoms with van der Waals surface area (Å²) >= 11 is 0. The number of rotatable bonds is 5. The summed E-state index contributed by atoms with van der Waals surface area (Å²) in [5.41, 5.74) is 0.508. The second-order valence-electron chi connectivity index (χ2n) is 5.97. The van der Waals surface area contributed by atoms with E-state index in [-0.39, 0.29) is 0 Å². The van der Waals surface area contributed by atoms with Crippen molar-refractivity contribution in [2.45, 2.75) is 51.1 Å². The van der Waals surface area contributed by atoms with Crippen molar-refractivity contribution in [3.63, 3.8) is 0 Å². The van der Waals surface area contributed by atoms with E-state index in [1.807, 2.05) is 0 Å².